The van der Waals surface area contributed by atoms with Crippen LogP contribution in [0.15, 0.2) is 30.6 Å². The Morgan fingerprint density at radius 3 is 2.83 bits per heavy atom. The fourth-order valence-electron chi connectivity index (χ4n) is 1.64. The van der Waals surface area contributed by atoms with Crippen molar-refractivity contribution < 1.29 is 4.39 Å². The molecule has 1 aromatic heterocycles. The molecular formula is C13H17FN4. The molecule has 1 heterocycles. The molecule has 5 heteroatoms. The van der Waals surface area contributed by atoms with Crippen LogP contribution in [0.5, 0.6) is 0 Å². The number of nitrogens with one attached hydrogen (secondary N) is 1. The van der Waals surface area contributed by atoms with Gasteiger partial charge in [-0.05, 0) is 6.07 Å². The van der Waals surface area contributed by atoms with Crippen molar-refractivity contribution in [3.8, 4) is 0 Å². The molecule has 0 amide bonds. The van der Waals surface area contributed by atoms with E-state index in [1.54, 1.807) is 16.8 Å². The van der Waals surface area contributed by atoms with Gasteiger partial charge >= 0.3 is 0 Å². The van der Waals surface area contributed by atoms with Crippen molar-refractivity contribution in [3.05, 3.63) is 47.8 Å². The second-order valence-corrected chi connectivity index (χ2v) is 4.46. The van der Waals surface area contributed by atoms with Gasteiger partial charge in [0, 0.05) is 11.6 Å². The van der Waals surface area contributed by atoms with Gasteiger partial charge in [0.2, 0.25) is 0 Å². The zero-order chi connectivity index (χ0) is 13.0. The zero-order valence-corrected chi connectivity index (χ0v) is 10.6. The summed E-state index contributed by atoms with van der Waals surface area (Å²) >= 11 is 0. The van der Waals surface area contributed by atoms with Crippen molar-refractivity contribution in [1.82, 2.24) is 20.1 Å². The van der Waals surface area contributed by atoms with Crippen molar-refractivity contribution >= 4 is 0 Å². The first-order chi connectivity index (χ1) is 8.66. The van der Waals surface area contributed by atoms with Crippen molar-refractivity contribution in [2.75, 3.05) is 0 Å². The summed E-state index contributed by atoms with van der Waals surface area (Å²) < 4.78 is 15.3. The number of hydrogen-bond donors (Lipinski definition) is 1. The van der Waals surface area contributed by atoms with Gasteiger partial charge in [-0.2, -0.15) is 5.10 Å². The summed E-state index contributed by atoms with van der Waals surface area (Å²) in [5.41, 5.74) is 0.619. The van der Waals surface area contributed by atoms with Crippen molar-refractivity contribution in [2.24, 2.45) is 0 Å². The van der Waals surface area contributed by atoms with E-state index in [1.807, 2.05) is 6.07 Å². The standard InChI is InChI=1S/C13H17FN4/c1-10(2)15-7-13-16-9-17-18(13)8-11-5-3-4-6-12(11)14/h3-6,9-10,15H,7-8H2,1-2H3. The Hall–Kier alpha value is -1.75. The first kappa shape index (κ1) is 12.7. The summed E-state index contributed by atoms with van der Waals surface area (Å²) in [7, 11) is 0. The Kier molecular flexibility index (Phi) is 4.04. The lowest BCUT2D eigenvalue weighted by Crippen LogP contribution is -2.24. The number of benzene rings is 1. The van der Waals surface area contributed by atoms with Gasteiger partial charge in [0.05, 0.1) is 13.1 Å². The van der Waals surface area contributed by atoms with E-state index in [2.05, 4.69) is 29.2 Å². The van der Waals surface area contributed by atoms with Gasteiger partial charge in [-0.25, -0.2) is 14.1 Å². The van der Waals surface area contributed by atoms with Crippen LogP contribution in [0.2, 0.25) is 0 Å². The minimum Gasteiger partial charge on any atom is -0.308 e. The molecule has 0 saturated carbocycles. The zero-order valence-electron chi connectivity index (χ0n) is 10.6. The molecule has 0 saturated heterocycles. The first-order valence-electron chi connectivity index (χ1n) is 6.00. The van der Waals surface area contributed by atoms with Gasteiger partial charge in [-0.15, -0.1) is 0 Å². The van der Waals surface area contributed by atoms with Gasteiger partial charge < -0.3 is 5.32 Å². The molecule has 0 aliphatic heterocycles. The summed E-state index contributed by atoms with van der Waals surface area (Å²) in [6, 6.07) is 7.10. The highest BCUT2D eigenvalue weighted by molar-refractivity contribution is 5.17. The summed E-state index contributed by atoms with van der Waals surface area (Å²) in [6.45, 7) is 5.17. The van der Waals surface area contributed by atoms with E-state index in [4.69, 9.17) is 0 Å². The topological polar surface area (TPSA) is 42.7 Å². The molecule has 0 aliphatic carbocycles. The second kappa shape index (κ2) is 5.73. The average Bonchev–Trinajstić information content (AvgIpc) is 2.77. The number of hydrogen-bond acceptors (Lipinski definition) is 3. The molecular weight excluding hydrogens is 231 g/mol. The number of aromatic nitrogens is 3. The quantitative estimate of drug-likeness (QED) is 0.879. The van der Waals surface area contributed by atoms with Gasteiger partial charge in [-0.3, -0.25) is 0 Å². The second-order valence-electron chi connectivity index (χ2n) is 4.46. The van der Waals surface area contributed by atoms with Crippen LogP contribution in [0.4, 0.5) is 4.39 Å². The van der Waals surface area contributed by atoms with Crippen molar-refractivity contribution in [2.45, 2.75) is 33.0 Å². The first-order valence-corrected chi connectivity index (χ1v) is 6.00. The predicted molar refractivity (Wildman–Crippen MR) is 67.5 cm³/mol. The third-order valence-electron chi connectivity index (χ3n) is 2.64. The summed E-state index contributed by atoms with van der Waals surface area (Å²) in [5.74, 6) is 0.600. The van der Waals surface area contributed by atoms with Crippen LogP contribution in [-0.2, 0) is 13.1 Å². The maximum atomic E-state index is 13.6. The number of nitrogens with zero attached hydrogens (tertiary/aromatic N) is 3. The molecule has 1 N–H and O–H groups in total. The van der Waals surface area contributed by atoms with Crippen molar-refractivity contribution in [3.63, 3.8) is 0 Å². The molecule has 4 nitrogen and oxygen atoms in total. The summed E-state index contributed by atoms with van der Waals surface area (Å²) in [6.07, 6.45) is 1.50. The van der Waals surface area contributed by atoms with Crippen LogP contribution >= 0.6 is 0 Å². The summed E-state index contributed by atoms with van der Waals surface area (Å²) in [4.78, 5) is 4.18. The Bertz CT molecular complexity index is 507. The largest absolute Gasteiger partial charge is 0.308 e. The molecule has 0 spiro atoms. The van der Waals surface area contributed by atoms with Gasteiger partial charge in [-0.1, -0.05) is 32.0 Å². The minimum atomic E-state index is -0.212. The van der Waals surface area contributed by atoms with E-state index >= 15 is 0 Å². The Labute approximate surface area is 106 Å². The van der Waals surface area contributed by atoms with E-state index < -0.39 is 0 Å². The lowest BCUT2D eigenvalue weighted by atomic mass is 10.2. The minimum absolute atomic E-state index is 0.212. The van der Waals surface area contributed by atoms with Crippen molar-refractivity contribution in [1.29, 1.82) is 0 Å². The third-order valence-corrected chi connectivity index (χ3v) is 2.64. The van der Waals surface area contributed by atoms with E-state index in [0.29, 0.717) is 24.7 Å². The smallest absolute Gasteiger partial charge is 0.141 e. The molecule has 2 aromatic rings. The Morgan fingerprint density at radius 1 is 1.33 bits per heavy atom. The average molecular weight is 248 g/mol. The third kappa shape index (κ3) is 3.13. The maximum Gasteiger partial charge on any atom is 0.141 e. The van der Waals surface area contributed by atoms with E-state index in [9.17, 15) is 4.39 Å². The van der Waals surface area contributed by atoms with Crippen LogP contribution in [0.3, 0.4) is 0 Å². The fourth-order valence-corrected chi connectivity index (χ4v) is 1.64. The maximum absolute atomic E-state index is 13.6. The molecule has 0 radical (unpaired) electrons. The van der Waals surface area contributed by atoms with Gasteiger partial charge in [0.25, 0.3) is 0 Å². The van der Waals surface area contributed by atoms with E-state index in [1.165, 1.54) is 12.4 Å². The normalized spacial score (nSPS) is 11.1. The molecule has 0 unspecified atom stereocenters. The molecule has 2 rings (SSSR count). The highest BCUT2D eigenvalue weighted by Crippen LogP contribution is 2.09. The fraction of sp³-hybridized carbons (Fsp3) is 0.385. The lowest BCUT2D eigenvalue weighted by molar-refractivity contribution is 0.528. The molecule has 0 aliphatic rings. The monoisotopic (exact) mass is 248 g/mol. The van der Waals surface area contributed by atoms with Gasteiger partial charge in [0.1, 0.15) is 18.0 Å². The van der Waals surface area contributed by atoms with Crippen LogP contribution in [-0.4, -0.2) is 20.8 Å². The van der Waals surface area contributed by atoms with Crippen LogP contribution < -0.4 is 5.32 Å². The molecule has 0 atom stereocenters. The van der Waals surface area contributed by atoms with Gasteiger partial charge in [0.15, 0.2) is 0 Å². The highest BCUT2D eigenvalue weighted by Gasteiger charge is 2.08. The molecule has 0 bridgehead atoms. The summed E-state index contributed by atoms with van der Waals surface area (Å²) in [5, 5.41) is 7.40. The van der Waals surface area contributed by atoms with Crippen LogP contribution in [0.1, 0.15) is 25.2 Å². The molecule has 18 heavy (non-hydrogen) atoms. The van der Waals surface area contributed by atoms with Crippen LogP contribution in [0.25, 0.3) is 0 Å². The molecule has 1 aromatic carbocycles. The Balaban J connectivity index is 2.10. The Morgan fingerprint density at radius 2 is 2.11 bits per heavy atom. The predicted octanol–water partition coefficient (Wildman–Crippen LogP) is 1.96. The van der Waals surface area contributed by atoms with E-state index in [0.717, 1.165) is 5.82 Å². The van der Waals surface area contributed by atoms with E-state index in [-0.39, 0.29) is 5.82 Å². The highest BCUT2D eigenvalue weighted by atomic mass is 19.1. The molecule has 0 fully saturated rings. The SMILES string of the molecule is CC(C)NCc1ncnn1Cc1ccccc1F. The number of halogens is 1. The lowest BCUT2D eigenvalue weighted by Gasteiger charge is -2.09. The molecule has 96 valence electrons. The van der Waals surface area contributed by atoms with Crippen LogP contribution in [0, 0.1) is 5.82 Å². The number of rotatable bonds is 5.